The zero-order valence-corrected chi connectivity index (χ0v) is 23.9. The molecule has 0 aliphatic carbocycles. The summed E-state index contributed by atoms with van der Waals surface area (Å²) < 4.78 is 4.66. The number of hydrogen-bond acceptors (Lipinski definition) is 5. The van der Waals surface area contributed by atoms with Crippen molar-refractivity contribution in [2.45, 2.75) is 26.1 Å². The Morgan fingerprint density at radius 1 is 0.732 bits per heavy atom. The second-order valence-corrected chi connectivity index (χ2v) is 11.0. The van der Waals surface area contributed by atoms with Gasteiger partial charge in [-0.25, -0.2) is 9.78 Å². The Kier molecular flexibility index (Phi) is 7.43. The number of hydrogen-bond donors (Lipinski definition) is 0. The van der Waals surface area contributed by atoms with E-state index in [1.807, 2.05) is 4.57 Å². The van der Waals surface area contributed by atoms with E-state index in [4.69, 9.17) is 4.98 Å². The third-order valence-electron chi connectivity index (χ3n) is 8.26. The first-order chi connectivity index (χ1) is 19.9. The summed E-state index contributed by atoms with van der Waals surface area (Å²) in [5.41, 5.74) is 5.09. The van der Waals surface area contributed by atoms with E-state index in [2.05, 4.69) is 102 Å². The van der Waals surface area contributed by atoms with Crippen molar-refractivity contribution in [3.63, 3.8) is 0 Å². The molecule has 1 saturated heterocycles. The second kappa shape index (κ2) is 11.3. The number of aryl methyl sites for hydroxylation is 2. The summed E-state index contributed by atoms with van der Waals surface area (Å²) in [5, 5.41) is 0. The Hall–Kier alpha value is -4.27. The van der Waals surface area contributed by atoms with E-state index in [1.165, 1.54) is 32.9 Å². The zero-order valence-electron chi connectivity index (χ0n) is 23.9. The third-order valence-corrected chi connectivity index (χ3v) is 8.26. The molecule has 2 aromatic heterocycles. The van der Waals surface area contributed by atoms with Gasteiger partial charge in [0.05, 0.1) is 12.6 Å². The van der Waals surface area contributed by atoms with Gasteiger partial charge in [-0.1, -0.05) is 90.5 Å². The lowest BCUT2D eigenvalue weighted by molar-refractivity contribution is 0.102. The van der Waals surface area contributed by atoms with Crippen LogP contribution in [0.2, 0.25) is 0 Å². The van der Waals surface area contributed by atoms with Gasteiger partial charge in [0.2, 0.25) is 0 Å². The maximum atomic E-state index is 13.3. The minimum Gasteiger partial charge on any atom is -0.317 e. The Morgan fingerprint density at radius 3 is 1.90 bits per heavy atom. The van der Waals surface area contributed by atoms with Gasteiger partial charge < -0.3 is 4.57 Å². The van der Waals surface area contributed by atoms with Gasteiger partial charge in [-0.05, 0) is 23.6 Å². The number of imidazole rings is 1. The molecule has 5 aromatic rings. The topological polar surface area (TPSA) is 68.3 Å². The fourth-order valence-corrected chi connectivity index (χ4v) is 5.92. The third kappa shape index (κ3) is 5.28. The van der Waals surface area contributed by atoms with Crippen molar-refractivity contribution in [2.24, 2.45) is 14.1 Å². The Morgan fingerprint density at radius 2 is 1.32 bits per heavy atom. The van der Waals surface area contributed by atoms with Crippen molar-refractivity contribution in [3.8, 4) is 0 Å². The van der Waals surface area contributed by atoms with Crippen molar-refractivity contribution in [1.29, 1.82) is 0 Å². The van der Waals surface area contributed by atoms with Crippen LogP contribution in [0.25, 0.3) is 11.2 Å². The highest BCUT2D eigenvalue weighted by Gasteiger charge is 2.28. The summed E-state index contributed by atoms with van der Waals surface area (Å²) in [5.74, 6) is 0.801. The van der Waals surface area contributed by atoms with E-state index in [1.54, 1.807) is 7.05 Å². The van der Waals surface area contributed by atoms with Gasteiger partial charge >= 0.3 is 5.69 Å². The van der Waals surface area contributed by atoms with Crippen LogP contribution >= 0.6 is 0 Å². The highest BCUT2D eigenvalue weighted by Crippen LogP contribution is 2.29. The van der Waals surface area contributed by atoms with Gasteiger partial charge in [-0.2, -0.15) is 0 Å². The molecular formula is C33H36N6O2. The molecule has 6 rings (SSSR count). The van der Waals surface area contributed by atoms with Crippen LogP contribution in [-0.4, -0.2) is 54.7 Å². The molecule has 3 heterocycles. The monoisotopic (exact) mass is 548 g/mol. The first-order valence-corrected chi connectivity index (χ1v) is 14.2. The van der Waals surface area contributed by atoms with Crippen molar-refractivity contribution in [1.82, 2.24) is 28.5 Å². The summed E-state index contributed by atoms with van der Waals surface area (Å²) >= 11 is 0. The quantitative estimate of drug-likeness (QED) is 0.310. The van der Waals surface area contributed by atoms with Crippen molar-refractivity contribution in [2.75, 3.05) is 26.2 Å². The molecule has 41 heavy (non-hydrogen) atoms. The van der Waals surface area contributed by atoms with Crippen LogP contribution in [0.3, 0.4) is 0 Å². The maximum Gasteiger partial charge on any atom is 0.332 e. The molecular weight excluding hydrogens is 512 g/mol. The molecule has 0 radical (unpaired) electrons. The van der Waals surface area contributed by atoms with Gasteiger partial charge in [0.15, 0.2) is 11.2 Å². The molecule has 1 fully saturated rings. The molecule has 0 spiro atoms. The van der Waals surface area contributed by atoms with Crippen molar-refractivity contribution >= 4 is 11.2 Å². The average Bonchev–Trinajstić information content (AvgIpc) is 3.35. The standard InChI is InChI=1S/C33H36N6O2/c1-24-14-16-25(17-15-24)22-39-28(34-31-30(39)32(40)36(3)33(41)35(31)2)23-37-18-20-38(21-19-37)29(26-10-6-4-7-11-26)27-12-8-5-9-13-27/h4-17,29H,18-23H2,1-3H3. The maximum absolute atomic E-state index is 13.3. The summed E-state index contributed by atoms with van der Waals surface area (Å²) in [6, 6.07) is 29.9. The summed E-state index contributed by atoms with van der Waals surface area (Å²) in [7, 11) is 3.21. The molecule has 0 N–H and O–H groups in total. The predicted octanol–water partition coefficient (Wildman–Crippen LogP) is 3.70. The number of aromatic nitrogens is 4. The molecule has 1 aliphatic rings. The molecule has 8 nitrogen and oxygen atoms in total. The highest BCUT2D eigenvalue weighted by atomic mass is 16.2. The van der Waals surface area contributed by atoms with Crippen molar-refractivity contribution < 1.29 is 0 Å². The smallest absolute Gasteiger partial charge is 0.317 e. The Balaban J connectivity index is 1.29. The normalized spacial score (nSPS) is 14.7. The van der Waals surface area contributed by atoms with Gasteiger partial charge in [-0.15, -0.1) is 0 Å². The number of rotatable bonds is 7. The largest absolute Gasteiger partial charge is 0.332 e. The van der Waals surface area contributed by atoms with Crippen LogP contribution in [0.1, 0.15) is 34.1 Å². The van der Waals surface area contributed by atoms with Crippen LogP contribution < -0.4 is 11.2 Å². The van der Waals surface area contributed by atoms with Crippen LogP contribution in [0.4, 0.5) is 0 Å². The second-order valence-electron chi connectivity index (χ2n) is 11.0. The first-order valence-electron chi connectivity index (χ1n) is 14.2. The Bertz CT molecular complexity index is 1720. The minimum absolute atomic E-state index is 0.197. The molecule has 0 amide bonds. The molecule has 0 atom stereocenters. The molecule has 0 unspecified atom stereocenters. The lowest BCUT2D eigenvalue weighted by Crippen LogP contribution is -2.47. The van der Waals surface area contributed by atoms with Gasteiger partial charge in [0.1, 0.15) is 5.82 Å². The number of benzene rings is 3. The van der Waals surface area contributed by atoms with Gasteiger partial charge in [-0.3, -0.25) is 23.7 Å². The number of piperazine rings is 1. The molecule has 1 aliphatic heterocycles. The van der Waals surface area contributed by atoms with Gasteiger partial charge in [0.25, 0.3) is 5.56 Å². The fraction of sp³-hybridized carbons (Fsp3) is 0.303. The van der Waals surface area contributed by atoms with E-state index in [9.17, 15) is 9.59 Å². The molecule has 0 saturated carbocycles. The van der Waals surface area contributed by atoms with Crippen LogP contribution in [-0.2, 0) is 27.2 Å². The number of nitrogens with zero attached hydrogens (tertiary/aromatic N) is 6. The highest BCUT2D eigenvalue weighted by molar-refractivity contribution is 5.71. The SMILES string of the molecule is Cc1ccc(Cn2c(CN3CCN(C(c4ccccc4)c4ccccc4)CC3)nc3c2c(=O)n(C)c(=O)n3C)cc1. The lowest BCUT2D eigenvalue weighted by atomic mass is 9.96. The first kappa shape index (κ1) is 26.9. The predicted molar refractivity (Wildman–Crippen MR) is 162 cm³/mol. The molecule has 210 valence electrons. The fourth-order valence-electron chi connectivity index (χ4n) is 5.92. The summed E-state index contributed by atoms with van der Waals surface area (Å²) in [6.45, 7) is 6.76. The summed E-state index contributed by atoms with van der Waals surface area (Å²) in [6.07, 6.45) is 0. The van der Waals surface area contributed by atoms with Crippen LogP contribution in [0.15, 0.2) is 94.5 Å². The minimum atomic E-state index is -0.365. The summed E-state index contributed by atoms with van der Waals surface area (Å²) in [4.78, 5) is 35.9. The van der Waals surface area contributed by atoms with E-state index < -0.39 is 0 Å². The van der Waals surface area contributed by atoms with Crippen molar-refractivity contribution in [3.05, 3.63) is 134 Å². The average molecular weight is 549 g/mol. The number of fused-ring (bicyclic) bond motifs is 1. The Labute approximate surface area is 239 Å². The van der Waals surface area contributed by atoms with E-state index in [-0.39, 0.29) is 17.3 Å². The molecule has 8 heteroatoms. The van der Waals surface area contributed by atoms with Crippen LogP contribution in [0, 0.1) is 6.92 Å². The zero-order chi connectivity index (χ0) is 28.5. The van der Waals surface area contributed by atoms with E-state index >= 15 is 0 Å². The van der Waals surface area contributed by atoms with Crippen LogP contribution in [0.5, 0.6) is 0 Å². The molecule has 3 aromatic carbocycles. The van der Waals surface area contributed by atoms with E-state index in [0.717, 1.165) is 37.6 Å². The van der Waals surface area contributed by atoms with E-state index in [0.29, 0.717) is 24.3 Å². The lowest BCUT2D eigenvalue weighted by Gasteiger charge is -2.39. The van der Waals surface area contributed by atoms with Gasteiger partial charge in [0, 0.05) is 46.8 Å². The molecule has 0 bridgehead atoms.